The zero-order chi connectivity index (χ0) is 28.4. The number of aliphatic hydroxyl groups excluding tert-OH is 2. The number of nitrogens with one attached hydrogen (secondary N) is 1. The standard InChI is InChI=1S/C26H32N4O8/c1-10(29(2)3)25(37)28-14-7-6-11-8-12-9-13-18(30(4)5)21(33)17(24(27)36)23(35)26(13,38)22(34)16(12)20(32)15(11)19(14)31/h6-7,10,12-13,18,31-32,35,38H,8-9H2,1-5H3,(H2,27,36)(H,28,37). The van der Waals surface area contributed by atoms with E-state index in [1.807, 2.05) is 0 Å². The topological polar surface area (TPSA) is 194 Å². The first kappa shape index (κ1) is 27.3. The maximum absolute atomic E-state index is 13.8. The number of nitrogens with zero attached hydrogens (tertiary/aromatic N) is 2. The van der Waals surface area contributed by atoms with Crippen LogP contribution in [0.1, 0.15) is 24.5 Å². The molecule has 12 nitrogen and oxygen atoms in total. The number of hydrogen-bond donors (Lipinski definition) is 6. The lowest BCUT2D eigenvalue weighted by Gasteiger charge is -2.50. The predicted octanol–water partition coefficient (Wildman–Crippen LogP) is -0.147. The van der Waals surface area contributed by atoms with Gasteiger partial charge < -0.3 is 31.5 Å². The summed E-state index contributed by atoms with van der Waals surface area (Å²) in [5.74, 6) is -7.62. The molecule has 1 aromatic rings. The van der Waals surface area contributed by atoms with Crippen LogP contribution in [0.3, 0.4) is 0 Å². The van der Waals surface area contributed by atoms with Crippen LogP contribution in [0.15, 0.2) is 29.0 Å². The van der Waals surface area contributed by atoms with Crippen LogP contribution in [-0.2, 0) is 25.6 Å². The van der Waals surface area contributed by atoms with Crippen molar-refractivity contribution < 1.29 is 39.6 Å². The maximum Gasteiger partial charge on any atom is 0.255 e. The number of likely N-dealkylation sites (N-methyl/N-ethyl adjacent to an activating group) is 2. The van der Waals surface area contributed by atoms with Crippen molar-refractivity contribution in [1.82, 2.24) is 9.80 Å². The molecule has 1 aromatic carbocycles. The number of carbonyl (C=O) groups is 4. The maximum atomic E-state index is 13.8. The fourth-order valence-electron chi connectivity index (χ4n) is 5.79. The van der Waals surface area contributed by atoms with Gasteiger partial charge >= 0.3 is 0 Å². The molecule has 1 fully saturated rings. The molecule has 5 unspecified atom stereocenters. The number of nitrogens with two attached hydrogens (primary N) is 1. The van der Waals surface area contributed by atoms with Crippen molar-refractivity contribution in [3.8, 4) is 5.75 Å². The molecule has 0 aromatic heterocycles. The normalized spacial score (nSPS) is 27.7. The number of fused-ring (bicyclic) bond motifs is 3. The molecule has 7 N–H and O–H groups in total. The lowest BCUT2D eigenvalue weighted by Crippen LogP contribution is -2.65. The monoisotopic (exact) mass is 528 g/mol. The third-order valence-corrected chi connectivity index (χ3v) is 8.01. The number of Topliss-reactive ketones (excluding diaryl/α,β-unsaturated/α-hetero) is 2. The van der Waals surface area contributed by atoms with Crippen LogP contribution in [0.25, 0.3) is 5.76 Å². The van der Waals surface area contributed by atoms with E-state index in [0.717, 1.165) is 0 Å². The predicted molar refractivity (Wildman–Crippen MR) is 136 cm³/mol. The molecule has 0 saturated heterocycles. The highest BCUT2D eigenvalue weighted by Gasteiger charge is 2.64. The third kappa shape index (κ3) is 3.79. The number of anilines is 1. The molecular formula is C26H32N4O8. The summed E-state index contributed by atoms with van der Waals surface area (Å²) in [6, 6.07) is 1.44. The van der Waals surface area contributed by atoms with Crippen molar-refractivity contribution in [3.63, 3.8) is 0 Å². The number of primary amides is 1. The molecule has 2 amide bonds. The van der Waals surface area contributed by atoms with Crippen molar-refractivity contribution in [2.45, 2.75) is 37.5 Å². The van der Waals surface area contributed by atoms with E-state index in [9.17, 15) is 39.6 Å². The number of phenols is 1. The summed E-state index contributed by atoms with van der Waals surface area (Å²) >= 11 is 0. The molecule has 1 saturated carbocycles. The first-order chi connectivity index (χ1) is 17.6. The Hall–Kier alpha value is -3.74. The summed E-state index contributed by atoms with van der Waals surface area (Å²) in [5.41, 5.74) is 1.93. The van der Waals surface area contributed by atoms with Crippen LogP contribution in [0.2, 0.25) is 0 Å². The van der Waals surface area contributed by atoms with E-state index in [2.05, 4.69) is 5.32 Å². The number of rotatable bonds is 5. The fraction of sp³-hybridized carbons (Fsp3) is 0.462. The van der Waals surface area contributed by atoms with Gasteiger partial charge in [-0.15, -0.1) is 0 Å². The fourth-order valence-corrected chi connectivity index (χ4v) is 5.79. The number of benzene rings is 1. The highest BCUT2D eigenvalue weighted by atomic mass is 16.3. The van der Waals surface area contributed by atoms with Crippen LogP contribution in [0.5, 0.6) is 5.75 Å². The molecule has 204 valence electrons. The molecule has 0 aliphatic heterocycles. The highest BCUT2D eigenvalue weighted by Crippen LogP contribution is 2.53. The Morgan fingerprint density at radius 3 is 2.32 bits per heavy atom. The van der Waals surface area contributed by atoms with Gasteiger partial charge in [0.15, 0.2) is 11.4 Å². The van der Waals surface area contributed by atoms with Gasteiger partial charge in [0.05, 0.1) is 23.3 Å². The molecular weight excluding hydrogens is 496 g/mol. The van der Waals surface area contributed by atoms with Crippen LogP contribution in [-0.4, -0.2) is 99.5 Å². The molecule has 5 atom stereocenters. The SMILES string of the molecule is CC(C(=O)Nc1ccc2c(c1O)C(O)=C1C(=O)C3(O)C(O)=C(C(N)=O)C(=O)C(N(C)C)C3CC1C2)N(C)C. The second-order valence-corrected chi connectivity index (χ2v) is 10.6. The smallest absolute Gasteiger partial charge is 0.255 e. The zero-order valence-electron chi connectivity index (χ0n) is 21.8. The summed E-state index contributed by atoms with van der Waals surface area (Å²) in [6.45, 7) is 1.67. The van der Waals surface area contributed by atoms with Gasteiger partial charge in [-0.3, -0.25) is 29.0 Å². The second-order valence-electron chi connectivity index (χ2n) is 10.6. The molecule has 0 heterocycles. The minimum absolute atomic E-state index is 0.00532. The number of phenolic OH excluding ortho intramolecular Hbond substituents is 1. The number of aliphatic hydroxyl groups is 3. The van der Waals surface area contributed by atoms with Gasteiger partial charge in [-0.2, -0.15) is 0 Å². The summed E-state index contributed by atoms with van der Waals surface area (Å²) in [4.78, 5) is 54.6. The average molecular weight is 529 g/mol. The summed E-state index contributed by atoms with van der Waals surface area (Å²) < 4.78 is 0. The summed E-state index contributed by atoms with van der Waals surface area (Å²) in [5, 5.41) is 47.4. The largest absolute Gasteiger partial charge is 0.508 e. The van der Waals surface area contributed by atoms with Gasteiger partial charge in [0.25, 0.3) is 5.91 Å². The molecule has 38 heavy (non-hydrogen) atoms. The average Bonchev–Trinajstić information content (AvgIpc) is 2.82. The first-order valence-corrected chi connectivity index (χ1v) is 12.1. The Kier molecular flexibility index (Phi) is 6.63. The Morgan fingerprint density at radius 2 is 1.76 bits per heavy atom. The van der Waals surface area contributed by atoms with E-state index in [0.29, 0.717) is 5.56 Å². The molecule has 0 bridgehead atoms. The van der Waals surface area contributed by atoms with Crippen LogP contribution >= 0.6 is 0 Å². The number of carbonyl (C=O) groups excluding carboxylic acids is 4. The number of hydrogen-bond acceptors (Lipinski definition) is 10. The van der Waals surface area contributed by atoms with Gasteiger partial charge in [-0.1, -0.05) is 6.07 Å². The minimum Gasteiger partial charge on any atom is -0.508 e. The van der Waals surface area contributed by atoms with Crippen LogP contribution in [0, 0.1) is 11.8 Å². The summed E-state index contributed by atoms with van der Waals surface area (Å²) in [6.07, 6.45) is 0.176. The Labute approximate surface area is 219 Å². The van der Waals surface area contributed by atoms with E-state index in [1.165, 1.54) is 11.0 Å². The van der Waals surface area contributed by atoms with E-state index >= 15 is 0 Å². The highest BCUT2D eigenvalue weighted by molar-refractivity contribution is 6.24. The van der Waals surface area contributed by atoms with Crippen molar-refractivity contribution in [2.75, 3.05) is 33.5 Å². The van der Waals surface area contributed by atoms with Gasteiger partial charge in [0.1, 0.15) is 22.8 Å². The zero-order valence-corrected chi connectivity index (χ0v) is 21.8. The first-order valence-electron chi connectivity index (χ1n) is 12.1. The van der Waals surface area contributed by atoms with E-state index in [4.69, 9.17) is 5.73 Å². The van der Waals surface area contributed by atoms with Gasteiger partial charge in [-0.25, -0.2) is 0 Å². The van der Waals surface area contributed by atoms with Gasteiger partial charge in [0, 0.05) is 11.5 Å². The molecule has 0 spiro atoms. The Bertz CT molecular complexity index is 1330. The molecule has 3 aliphatic rings. The van der Waals surface area contributed by atoms with E-state index in [1.54, 1.807) is 46.1 Å². The quantitative estimate of drug-likeness (QED) is 0.221. The van der Waals surface area contributed by atoms with E-state index < -0.39 is 75.7 Å². The van der Waals surface area contributed by atoms with Crippen molar-refractivity contribution >= 4 is 34.8 Å². The minimum atomic E-state index is -2.70. The van der Waals surface area contributed by atoms with Gasteiger partial charge in [0.2, 0.25) is 11.7 Å². The van der Waals surface area contributed by atoms with Crippen LogP contribution in [0.4, 0.5) is 5.69 Å². The number of aromatic hydroxyl groups is 1. The number of ketones is 2. The number of amides is 2. The van der Waals surface area contributed by atoms with E-state index in [-0.39, 0.29) is 29.7 Å². The molecule has 0 radical (unpaired) electrons. The van der Waals surface area contributed by atoms with Crippen molar-refractivity contribution in [1.29, 1.82) is 0 Å². The Morgan fingerprint density at radius 1 is 1.13 bits per heavy atom. The lowest BCUT2D eigenvalue weighted by molar-refractivity contribution is -0.153. The van der Waals surface area contributed by atoms with Crippen molar-refractivity contribution in [2.24, 2.45) is 17.6 Å². The van der Waals surface area contributed by atoms with Gasteiger partial charge in [-0.05, 0) is 65.5 Å². The van der Waals surface area contributed by atoms with Crippen molar-refractivity contribution in [3.05, 3.63) is 40.2 Å². The second kappa shape index (κ2) is 9.22. The van der Waals surface area contributed by atoms with Crippen LogP contribution < -0.4 is 11.1 Å². The Balaban J connectivity index is 1.86. The summed E-state index contributed by atoms with van der Waals surface area (Å²) in [7, 11) is 6.51. The molecule has 4 rings (SSSR count). The molecule has 12 heteroatoms. The lowest BCUT2D eigenvalue weighted by atomic mass is 9.57. The molecule has 3 aliphatic carbocycles. The third-order valence-electron chi connectivity index (χ3n) is 8.01.